The number of ketones is 1. The molecule has 1 aromatic rings. The van der Waals surface area contributed by atoms with Crippen molar-refractivity contribution in [2.75, 3.05) is 20.4 Å². The number of rotatable bonds is 2. The summed E-state index contributed by atoms with van der Waals surface area (Å²) in [6, 6.07) is 2.21. The molecule has 0 radical (unpaired) electrons. The van der Waals surface area contributed by atoms with Gasteiger partial charge in [-0.2, -0.15) is 5.26 Å². The molecule has 94 valence electrons. The molecule has 0 atom stereocenters. The van der Waals surface area contributed by atoms with Crippen molar-refractivity contribution < 1.29 is 4.79 Å². The van der Waals surface area contributed by atoms with Crippen LogP contribution in [0, 0.1) is 11.3 Å². The Morgan fingerprint density at radius 2 is 2.17 bits per heavy atom. The van der Waals surface area contributed by atoms with Crippen LogP contribution in [0.1, 0.15) is 27.2 Å². The van der Waals surface area contributed by atoms with E-state index in [0.717, 1.165) is 33.8 Å². The van der Waals surface area contributed by atoms with Crippen LogP contribution in [0.3, 0.4) is 0 Å². The third kappa shape index (κ3) is 2.18. The van der Waals surface area contributed by atoms with E-state index in [1.54, 1.807) is 11.8 Å². The van der Waals surface area contributed by atoms with Gasteiger partial charge in [0.2, 0.25) is 0 Å². The summed E-state index contributed by atoms with van der Waals surface area (Å²) in [5.74, 6) is 0.0899. The summed E-state index contributed by atoms with van der Waals surface area (Å²) in [5.41, 5.74) is 2.56. The van der Waals surface area contributed by atoms with Gasteiger partial charge in [0.15, 0.2) is 5.78 Å². The van der Waals surface area contributed by atoms with Gasteiger partial charge in [-0.25, -0.2) is 0 Å². The minimum atomic E-state index is 0.0899. The lowest BCUT2D eigenvalue weighted by atomic mass is 9.89. The Labute approximate surface area is 115 Å². The molecular weight excluding hydrogens is 264 g/mol. The first-order chi connectivity index (χ1) is 8.58. The molecule has 3 nitrogen and oxygen atoms in total. The van der Waals surface area contributed by atoms with Crippen molar-refractivity contribution in [3.05, 3.63) is 27.8 Å². The second-order valence-electron chi connectivity index (χ2n) is 4.34. The van der Waals surface area contributed by atoms with E-state index < -0.39 is 0 Å². The number of nitrogens with zero attached hydrogens (tertiary/aromatic N) is 2. The zero-order chi connectivity index (χ0) is 13.3. The average molecular weight is 278 g/mol. The topological polar surface area (TPSA) is 44.1 Å². The molecule has 18 heavy (non-hydrogen) atoms. The molecule has 0 spiro atoms. The number of fused-ring (bicyclic) bond motifs is 1. The summed E-state index contributed by atoms with van der Waals surface area (Å²) in [7, 11) is 3.83. The molecule has 1 aliphatic carbocycles. The highest BCUT2D eigenvalue weighted by Gasteiger charge is 2.29. The lowest BCUT2D eigenvalue weighted by Crippen LogP contribution is -2.16. The number of Topliss-reactive ketones (excluding diaryl/α,β-unsaturated/α-hetero) is 1. The van der Waals surface area contributed by atoms with E-state index in [0.29, 0.717) is 4.88 Å². The van der Waals surface area contributed by atoms with Crippen molar-refractivity contribution in [2.45, 2.75) is 17.1 Å². The summed E-state index contributed by atoms with van der Waals surface area (Å²) in [6.45, 7) is 0. The van der Waals surface area contributed by atoms with Crippen LogP contribution >= 0.6 is 23.1 Å². The van der Waals surface area contributed by atoms with Gasteiger partial charge in [-0.15, -0.1) is 23.1 Å². The SMILES string of the molecule is CSc1sc(C#N)c2c1C(=O)C(=CN(C)C)CC2. The molecule has 0 unspecified atom stereocenters. The minimum absolute atomic E-state index is 0.0899. The van der Waals surface area contributed by atoms with Crippen LogP contribution in [0.25, 0.3) is 0 Å². The molecule has 0 aliphatic heterocycles. The number of hydrogen-bond acceptors (Lipinski definition) is 5. The van der Waals surface area contributed by atoms with E-state index in [1.165, 1.54) is 11.3 Å². The third-order valence-corrected chi connectivity index (χ3v) is 5.10. The first-order valence-corrected chi connectivity index (χ1v) is 7.64. The summed E-state index contributed by atoms with van der Waals surface area (Å²) in [4.78, 5) is 15.0. The standard InChI is InChI=1S/C13H14N2OS2/c1-15(2)7-8-4-5-9-10(6-14)18-13(17-3)11(9)12(8)16/h7H,4-5H2,1-3H3. The molecule has 0 N–H and O–H groups in total. The average Bonchev–Trinajstić information content (AvgIpc) is 2.71. The van der Waals surface area contributed by atoms with E-state index in [4.69, 9.17) is 5.26 Å². The second kappa shape index (κ2) is 5.17. The number of allylic oxidation sites excluding steroid dienone is 1. The van der Waals surface area contributed by atoms with E-state index in [-0.39, 0.29) is 5.78 Å². The molecule has 1 aliphatic rings. The third-order valence-electron chi connectivity index (χ3n) is 2.84. The first-order valence-electron chi connectivity index (χ1n) is 5.60. The predicted octanol–water partition coefficient (Wildman–Crippen LogP) is 2.92. The zero-order valence-corrected chi connectivity index (χ0v) is 12.2. The van der Waals surface area contributed by atoms with E-state index in [9.17, 15) is 4.79 Å². The van der Waals surface area contributed by atoms with Gasteiger partial charge in [0.25, 0.3) is 0 Å². The van der Waals surface area contributed by atoms with Crippen LogP contribution in [0.5, 0.6) is 0 Å². The smallest absolute Gasteiger partial charge is 0.192 e. The normalized spacial score (nSPS) is 16.6. The summed E-state index contributed by atoms with van der Waals surface area (Å²) >= 11 is 2.99. The Morgan fingerprint density at radius 1 is 1.44 bits per heavy atom. The number of hydrogen-bond donors (Lipinski definition) is 0. The van der Waals surface area contributed by atoms with Crippen molar-refractivity contribution in [3.8, 4) is 6.07 Å². The number of thioether (sulfide) groups is 1. The fourth-order valence-electron chi connectivity index (χ4n) is 2.11. The van der Waals surface area contributed by atoms with Gasteiger partial charge >= 0.3 is 0 Å². The van der Waals surface area contributed by atoms with Crippen LogP contribution in [-0.4, -0.2) is 31.0 Å². The monoisotopic (exact) mass is 278 g/mol. The minimum Gasteiger partial charge on any atom is -0.383 e. The lowest BCUT2D eigenvalue weighted by Gasteiger charge is -2.17. The molecule has 1 aromatic heterocycles. The van der Waals surface area contributed by atoms with Crippen LogP contribution in [-0.2, 0) is 6.42 Å². The molecule has 5 heteroatoms. The van der Waals surface area contributed by atoms with Crippen molar-refractivity contribution in [1.82, 2.24) is 4.90 Å². The Bertz CT molecular complexity index is 564. The van der Waals surface area contributed by atoms with Gasteiger partial charge in [-0.3, -0.25) is 4.79 Å². The number of carbonyl (C=O) groups is 1. The van der Waals surface area contributed by atoms with Crippen LogP contribution in [0.2, 0.25) is 0 Å². The summed E-state index contributed by atoms with van der Waals surface area (Å²) in [6.07, 6.45) is 5.35. The maximum atomic E-state index is 12.5. The van der Waals surface area contributed by atoms with Crippen molar-refractivity contribution in [2.24, 2.45) is 0 Å². The van der Waals surface area contributed by atoms with E-state index >= 15 is 0 Å². The zero-order valence-electron chi connectivity index (χ0n) is 10.6. The Balaban J connectivity index is 2.53. The molecule has 2 rings (SSSR count). The van der Waals surface area contributed by atoms with Crippen LogP contribution in [0.15, 0.2) is 16.0 Å². The second-order valence-corrected chi connectivity index (χ2v) is 6.43. The number of carbonyl (C=O) groups excluding carboxylic acids is 1. The lowest BCUT2D eigenvalue weighted by molar-refractivity contribution is 0.102. The fraction of sp³-hybridized carbons (Fsp3) is 0.385. The van der Waals surface area contributed by atoms with Crippen molar-refractivity contribution in [1.29, 1.82) is 5.26 Å². The highest BCUT2D eigenvalue weighted by atomic mass is 32.2. The number of nitriles is 1. The Kier molecular flexibility index (Phi) is 3.79. The van der Waals surface area contributed by atoms with Gasteiger partial charge < -0.3 is 4.90 Å². The first kappa shape index (κ1) is 13.2. The van der Waals surface area contributed by atoms with Gasteiger partial charge in [-0.1, -0.05) is 0 Å². The van der Waals surface area contributed by atoms with Crippen molar-refractivity contribution in [3.63, 3.8) is 0 Å². The quantitative estimate of drug-likeness (QED) is 0.616. The molecule has 0 saturated carbocycles. The maximum Gasteiger partial charge on any atom is 0.192 e. The molecule has 0 bridgehead atoms. The Morgan fingerprint density at radius 3 is 2.72 bits per heavy atom. The predicted molar refractivity (Wildman–Crippen MR) is 75.2 cm³/mol. The molecule has 0 fully saturated rings. The van der Waals surface area contributed by atoms with E-state index in [1.807, 2.05) is 31.5 Å². The highest BCUT2D eigenvalue weighted by Crippen LogP contribution is 2.40. The molecule has 0 amide bonds. The maximum absolute atomic E-state index is 12.5. The van der Waals surface area contributed by atoms with Gasteiger partial charge in [0, 0.05) is 25.9 Å². The van der Waals surface area contributed by atoms with E-state index in [2.05, 4.69) is 6.07 Å². The number of thiophene rings is 1. The fourth-order valence-corrected chi connectivity index (χ4v) is 3.99. The van der Waals surface area contributed by atoms with Crippen LogP contribution in [0.4, 0.5) is 0 Å². The molecule has 0 aromatic carbocycles. The van der Waals surface area contributed by atoms with Gasteiger partial charge in [0.05, 0.1) is 9.77 Å². The van der Waals surface area contributed by atoms with Gasteiger partial charge in [-0.05, 0) is 24.7 Å². The molecular formula is C13H14N2OS2. The van der Waals surface area contributed by atoms with Crippen molar-refractivity contribution >= 4 is 28.9 Å². The van der Waals surface area contributed by atoms with Crippen LogP contribution < -0.4 is 0 Å². The summed E-state index contributed by atoms with van der Waals surface area (Å²) < 4.78 is 0.968. The molecule has 0 saturated heterocycles. The highest BCUT2D eigenvalue weighted by molar-refractivity contribution is 8.00. The van der Waals surface area contributed by atoms with Gasteiger partial charge in [0.1, 0.15) is 10.9 Å². The summed E-state index contributed by atoms with van der Waals surface area (Å²) in [5, 5.41) is 9.12. The largest absolute Gasteiger partial charge is 0.383 e. The Hall–Kier alpha value is -1.25. The molecule has 1 heterocycles.